The molecule has 0 aromatic heterocycles. The van der Waals surface area contributed by atoms with Crippen LogP contribution < -0.4 is 11.1 Å². The molecule has 6 N–H and O–H groups in total. The molecule has 6 nitrogen and oxygen atoms in total. The molecule has 0 radical (unpaired) electrons. The van der Waals surface area contributed by atoms with Crippen LogP contribution in [0, 0.1) is 5.92 Å². The van der Waals surface area contributed by atoms with Gasteiger partial charge in [0.1, 0.15) is 30.6 Å². The molecule has 1 fully saturated rings. The Morgan fingerprint density at radius 1 is 1.11 bits per heavy atom. The first-order valence-corrected chi connectivity index (χ1v) is 7.10. The average molecular weight is 276 g/mol. The summed E-state index contributed by atoms with van der Waals surface area (Å²) in [6.45, 7) is 5.18. The molecule has 0 aromatic rings. The van der Waals surface area contributed by atoms with Crippen LogP contribution in [0.4, 0.5) is 0 Å². The van der Waals surface area contributed by atoms with E-state index in [1.165, 1.54) is 6.42 Å². The Morgan fingerprint density at radius 3 is 2.37 bits per heavy atom. The molecule has 6 heteroatoms. The third-order valence-corrected chi connectivity index (χ3v) is 3.50. The summed E-state index contributed by atoms with van der Waals surface area (Å²) in [5.74, 6) is 0.690. The van der Waals surface area contributed by atoms with Gasteiger partial charge in [0.05, 0.1) is 0 Å². The Hall–Kier alpha value is -0.240. The normalized spacial score (nSPS) is 35.8. The lowest BCUT2D eigenvalue weighted by Gasteiger charge is -2.40. The molecule has 0 amide bonds. The molecule has 0 aromatic carbocycles. The molecule has 0 saturated carbocycles. The van der Waals surface area contributed by atoms with Gasteiger partial charge in [-0.3, -0.25) is 5.32 Å². The molecule has 1 rings (SSSR count). The maximum Gasteiger partial charge on any atom is 0.137 e. The number of aliphatic hydroxyl groups is 3. The Kier molecular flexibility index (Phi) is 7.20. The van der Waals surface area contributed by atoms with E-state index in [9.17, 15) is 15.3 Å². The van der Waals surface area contributed by atoms with Gasteiger partial charge in [0.15, 0.2) is 0 Å². The van der Waals surface area contributed by atoms with Gasteiger partial charge in [-0.25, -0.2) is 0 Å². The average Bonchev–Trinajstić information content (AvgIpc) is 2.37. The van der Waals surface area contributed by atoms with E-state index >= 15 is 0 Å². The monoisotopic (exact) mass is 276 g/mol. The zero-order valence-corrected chi connectivity index (χ0v) is 11.8. The van der Waals surface area contributed by atoms with Crippen molar-refractivity contribution in [2.45, 2.75) is 63.8 Å². The third kappa shape index (κ3) is 4.98. The van der Waals surface area contributed by atoms with Crippen LogP contribution >= 0.6 is 0 Å². The number of hydrogen-bond donors (Lipinski definition) is 5. The lowest BCUT2D eigenvalue weighted by molar-refractivity contribution is -0.226. The first kappa shape index (κ1) is 16.8. The Morgan fingerprint density at radius 2 is 1.79 bits per heavy atom. The van der Waals surface area contributed by atoms with Gasteiger partial charge in [0.25, 0.3) is 0 Å². The number of unbranched alkanes of at least 4 members (excludes halogenated alkanes) is 1. The second-order valence-electron chi connectivity index (χ2n) is 5.65. The van der Waals surface area contributed by atoms with Crippen molar-refractivity contribution in [2.75, 3.05) is 13.1 Å². The lowest BCUT2D eigenvalue weighted by Crippen LogP contribution is -2.63. The summed E-state index contributed by atoms with van der Waals surface area (Å²) in [6, 6.07) is 0. The molecule has 0 bridgehead atoms. The number of ether oxygens (including phenoxy) is 1. The minimum Gasteiger partial charge on any atom is -0.388 e. The number of nitrogens with one attached hydrogen (secondary N) is 1. The minimum atomic E-state index is -1.23. The van der Waals surface area contributed by atoms with Gasteiger partial charge in [-0.1, -0.05) is 26.7 Å². The van der Waals surface area contributed by atoms with E-state index in [0.29, 0.717) is 12.5 Å². The lowest BCUT2D eigenvalue weighted by atomic mass is 9.98. The summed E-state index contributed by atoms with van der Waals surface area (Å²) in [5, 5.41) is 32.3. The van der Waals surface area contributed by atoms with Crippen molar-refractivity contribution in [1.82, 2.24) is 5.32 Å². The van der Waals surface area contributed by atoms with Crippen molar-refractivity contribution in [3.8, 4) is 0 Å². The largest absolute Gasteiger partial charge is 0.388 e. The third-order valence-electron chi connectivity index (χ3n) is 3.50. The number of rotatable bonds is 7. The van der Waals surface area contributed by atoms with E-state index in [-0.39, 0.29) is 6.54 Å². The molecule has 1 aliphatic heterocycles. The fourth-order valence-electron chi connectivity index (χ4n) is 2.24. The molecule has 5 unspecified atom stereocenters. The maximum absolute atomic E-state index is 9.83. The second kappa shape index (κ2) is 8.14. The van der Waals surface area contributed by atoms with Gasteiger partial charge in [0, 0.05) is 6.54 Å². The van der Waals surface area contributed by atoms with E-state index in [0.717, 1.165) is 12.8 Å². The molecule has 0 spiro atoms. The van der Waals surface area contributed by atoms with Gasteiger partial charge in [-0.05, 0) is 18.9 Å². The highest BCUT2D eigenvalue weighted by Gasteiger charge is 2.42. The fourth-order valence-corrected chi connectivity index (χ4v) is 2.24. The zero-order valence-electron chi connectivity index (χ0n) is 11.8. The van der Waals surface area contributed by atoms with Gasteiger partial charge in [-0.2, -0.15) is 0 Å². The van der Waals surface area contributed by atoms with Crippen molar-refractivity contribution in [3.05, 3.63) is 0 Å². The zero-order chi connectivity index (χ0) is 14.4. The topological polar surface area (TPSA) is 108 Å². The van der Waals surface area contributed by atoms with Gasteiger partial charge in [-0.15, -0.1) is 0 Å². The van der Waals surface area contributed by atoms with Crippen molar-refractivity contribution in [3.63, 3.8) is 0 Å². The summed E-state index contributed by atoms with van der Waals surface area (Å²) in [6.07, 6.45) is -1.56. The fraction of sp³-hybridized carbons (Fsp3) is 1.00. The molecule has 0 aliphatic carbocycles. The Balaban J connectivity index is 2.32. The van der Waals surface area contributed by atoms with Crippen LogP contribution in [0.1, 0.15) is 33.1 Å². The first-order chi connectivity index (χ1) is 8.97. The van der Waals surface area contributed by atoms with Crippen LogP contribution in [-0.4, -0.2) is 59.1 Å². The van der Waals surface area contributed by atoms with Crippen LogP contribution in [0.15, 0.2) is 0 Å². The second-order valence-corrected chi connectivity index (χ2v) is 5.65. The highest BCUT2D eigenvalue weighted by Crippen LogP contribution is 2.19. The summed E-state index contributed by atoms with van der Waals surface area (Å²) in [7, 11) is 0. The predicted molar refractivity (Wildman–Crippen MR) is 72.4 cm³/mol. The van der Waals surface area contributed by atoms with Crippen LogP contribution in [-0.2, 0) is 4.74 Å². The summed E-state index contributed by atoms with van der Waals surface area (Å²) < 4.78 is 5.46. The van der Waals surface area contributed by atoms with Crippen molar-refractivity contribution in [2.24, 2.45) is 11.7 Å². The molecule has 1 saturated heterocycles. The maximum atomic E-state index is 9.83. The molecule has 5 atom stereocenters. The van der Waals surface area contributed by atoms with E-state index in [1.54, 1.807) is 0 Å². The molecule has 114 valence electrons. The smallest absolute Gasteiger partial charge is 0.137 e. The standard InChI is InChI=1S/C13H28N2O4/c1-8(2)5-3-4-6-15-13-12(18)11(17)10(16)9(7-14)19-13/h8-13,15-18H,3-7,14H2,1-2H3. The quantitative estimate of drug-likeness (QED) is 0.388. The van der Waals surface area contributed by atoms with Crippen molar-refractivity contribution in [1.29, 1.82) is 0 Å². The van der Waals surface area contributed by atoms with Crippen LogP contribution in [0.5, 0.6) is 0 Å². The molecule has 1 aliphatic rings. The van der Waals surface area contributed by atoms with E-state index < -0.39 is 30.6 Å². The van der Waals surface area contributed by atoms with Crippen LogP contribution in [0.2, 0.25) is 0 Å². The van der Waals surface area contributed by atoms with Gasteiger partial charge >= 0.3 is 0 Å². The molecular weight excluding hydrogens is 248 g/mol. The van der Waals surface area contributed by atoms with E-state index in [2.05, 4.69) is 19.2 Å². The predicted octanol–water partition coefficient (Wildman–Crippen LogP) is -0.831. The summed E-state index contributed by atoms with van der Waals surface area (Å²) >= 11 is 0. The van der Waals surface area contributed by atoms with E-state index in [4.69, 9.17) is 10.5 Å². The van der Waals surface area contributed by atoms with Gasteiger partial charge in [0.2, 0.25) is 0 Å². The molecule has 1 heterocycles. The Labute approximate surface area is 114 Å². The Bertz CT molecular complexity index is 251. The molecule has 19 heavy (non-hydrogen) atoms. The SMILES string of the molecule is CC(C)CCCCNC1OC(CN)C(O)C(O)C1O. The number of hydrogen-bond acceptors (Lipinski definition) is 6. The first-order valence-electron chi connectivity index (χ1n) is 7.10. The van der Waals surface area contributed by atoms with E-state index in [1.807, 2.05) is 0 Å². The highest BCUT2D eigenvalue weighted by molar-refractivity contribution is 4.91. The minimum absolute atomic E-state index is 0.108. The van der Waals surface area contributed by atoms with Crippen molar-refractivity contribution >= 4 is 0 Å². The molecular formula is C13H28N2O4. The van der Waals surface area contributed by atoms with Crippen molar-refractivity contribution < 1.29 is 20.1 Å². The summed E-state index contributed by atoms with van der Waals surface area (Å²) in [5.41, 5.74) is 5.47. The number of aliphatic hydroxyl groups excluding tert-OH is 3. The number of nitrogens with two attached hydrogens (primary N) is 1. The van der Waals surface area contributed by atoms with Crippen LogP contribution in [0.3, 0.4) is 0 Å². The highest BCUT2D eigenvalue weighted by atomic mass is 16.5. The summed E-state index contributed by atoms with van der Waals surface area (Å²) in [4.78, 5) is 0. The van der Waals surface area contributed by atoms with Gasteiger partial charge < -0.3 is 25.8 Å². The van der Waals surface area contributed by atoms with Crippen LogP contribution in [0.25, 0.3) is 0 Å².